The van der Waals surface area contributed by atoms with Crippen molar-refractivity contribution in [2.24, 2.45) is 0 Å². The summed E-state index contributed by atoms with van der Waals surface area (Å²) in [6.45, 7) is 0. The second kappa shape index (κ2) is 4.24. The number of hydrogen-bond donors (Lipinski definition) is 0. The van der Waals surface area contributed by atoms with Gasteiger partial charge < -0.3 is 0 Å². The van der Waals surface area contributed by atoms with E-state index < -0.39 is 0 Å². The Morgan fingerprint density at radius 3 is 2.77 bits per heavy atom. The molecule has 5 rings (SSSR count). The van der Waals surface area contributed by atoms with Gasteiger partial charge in [-0.3, -0.25) is 0 Å². The van der Waals surface area contributed by atoms with Gasteiger partial charge in [-0.25, -0.2) is 9.37 Å². The maximum Gasteiger partial charge on any atom is 0.124 e. The molecule has 2 aliphatic rings. The van der Waals surface area contributed by atoms with Gasteiger partial charge in [0.25, 0.3) is 0 Å². The largest absolute Gasteiger partial charge is 0.247 e. The number of fused-ring (bicyclic) bond motifs is 7. The lowest BCUT2D eigenvalue weighted by atomic mass is 10.0. The molecule has 22 heavy (non-hydrogen) atoms. The highest BCUT2D eigenvalue weighted by Gasteiger charge is 2.17. The fourth-order valence-corrected chi connectivity index (χ4v) is 4.11. The third-order valence-corrected chi connectivity index (χ3v) is 5.11. The van der Waals surface area contributed by atoms with Crippen molar-refractivity contribution in [3.8, 4) is 11.3 Å². The molecule has 3 heteroatoms. The summed E-state index contributed by atoms with van der Waals surface area (Å²) in [5, 5.41) is 6.74. The van der Waals surface area contributed by atoms with Crippen LogP contribution in [0, 0.1) is 5.82 Å². The second-order valence-corrected chi connectivity index (χ2v) is 6.34. The van der Waals surface area contributed by atoms with E-state index in [0.717, 1.165) is 26.9 Å². The Kier molecular flexibility index (Phi) is 2.33. The average Bonchev–Trinajstić information content (AvgIpc) is 2.93. The minimum Gasteiger partial charge on any atom is -0.247 e. The van der Waals surface area contributed by atoms with Crippen molar-refractivity contribution in [2.75, 3.05) is 0 Å². The Morgan fingerprint density at radius 1 is 0.909 bits per heavy atom. The van der Waals surface area contributed by atoms with Crippen LogP contribution in [0.4, 0.5) is 4.39 Å². The molecule has 0 amide bonds. The molecule has 0 radical (unpaired) electrons. The van der Waals surface area contributed by atoms with Crippen LogP contribution in [0.2, 0.25) is 0 Å². The smallest absolute Gasteiger partial charge is 0.124 e. The van der Waals surface area contributed by atoms with E-state index in [0.29, 0.717) is 0 Å². The van der Waals surface area contributed by atoms with Gasteiger partial charge in [-0.1, -0.05) is 30.3 Å². The summed E-state index contributed by atoms with van der Waals surface area (Å²) in [5.74, 6) is -0.204. The minimum absolute atomic E-state index is 0.204. The van der Waals surface area contributed by atoms with E-state index >= 15 is 0 Å². The van der Waals surface area contributed by atoms with Crippen LogP contribution in [-0.2, 0) is 0 Å². The molecule has 0 aliphatic carbocycles. The van der Waals surface area contributed by atoms with Crippen LogP contribution in [0.25, 0.3) is 43.0 Å². The molecule has 0 fully saturated rings. The van der Waals surface area contributed by atoms with E-state index in [1.807, 2.05) is 12.1 Å². The van der Waals surface area contributed by atoms with E-state index in [9.17, 15) is 4.39 Å². The quantitative estimate of drug-likeness (QED) is 0.350. The molecular weight excluding hydrogens is 293 g/mol. The van der Waals surface area contributed by atoms with Crippen molar-refractivity contribution < 1.29 is 4.39 Å². The summed E-state index contributed by atoms with van der Waals surface area (Å²) in [5.41, 5.74) is 3.11. The highest BCUT2D eigenvalue weighted by molar-refractivity contribution is 7.17. The molecule has 0 spiro atoms. The lowest BCUT2D eigenvalue weighted by molar-refractivity contribution is 0.630. The van der Waals surface area contributed by atoms with Gasteiger partial charge in [0.2, 0.25) is 0 Å². The number of halogens is 1. The van der Waals surface area contributed by atoms with Gasteiger partial charge >= 0.3 is 0 Å². The Morgan fingerprint density at radius 2 is 1.82 bits per heavy atom. The fourth-order valence-electron chi connectivity index (χ4n) is 3.17. The monoisotopic (exact) mass is 303 g/mol. The molecule has 0 N–H and O–H groups in total. The second-order valence-electron chi connectivity index (χ2n) is 5.43. The lowest BCUT2D eigenvalue weighted by Gasteiger charge is -2.04. The van der Waals surface area contributed by atoms with Gasteiger partial charge in [-0.05, 0) is 35.0 Å². The van der Waals surface area contributed by atoms with Crippen LogP contribution in [0.3, 0.4) is 0 Å². The van der Waals surface area contributed by atoms with Crippen LogP contribution >= 0.6 is 11.3 Å². The zero-order valence-corrected chi connectivity index (χ0v) is 12.3. The molecule has 0 saturated heterocycles. The molecule has 0 atom stereocenters. The van der Waals surface area contributed by atoms with Gasteiger partial charge in [-0.15, -0.1) is 11.3 Å². The summed E-state index contributed by atoms with van der Waals surface area (Å²) in [6.07, 6.45) is 0. The van der Waals surface area contributed by atoms with Crippen LogP contribution in [0.1, 0.15) is 0 Å². The molecule has 2 heterocycles. The molecule has 104 valence electrons. The van der Waals surface area contributed by atoms with Crippen LogP contribution in [-0.4, -0.2) is 4.98 Å². The fraction of sp³-hybridized carbons (Fsp3) is 0. The molecule has 0 saturated carbocycles. The highest BCUT2D eigenvalue weighted by atomic mass is 32.1. The van der Waals surface area contributed by atoms with Crippen molar-refractivity contribution in [1.82, 2.24) is 4.98 Å². The average molecular weight is 303 g/mol. The first kappa shape index (κ1) is 12.1. The number of rotatable bonds is 0. The molecular formula is C19H10FNS. The topological polar surface area (TPSA) is 12.9 Å². The van der Waals surface area contributed by atoms with Gasteiger partial charge in [-0.2, -0.15) is 0 Å². The summed E-state index contributed by atoms with van der Waals surface area (Å²) >= 11 is 1.57. The predicted octanol–water partition coefficient (Wildman–Crippen LogP) is 5.85. The number of nitrogens with zero attached hydrogens (tertiary/aromatic N) is 1. The van der Waals surface area contributed by atoms with Gasteiger partial charge in [0.1, 0.15) is 5.82 Å². The maximum absolute atomic E-state index is 13.4. The Labute approximate surface area is 130 Å². The molecule has 1 nitrogen and oxygen atoms in total. The van der Waals surface area contributed by atoms with Crippen LogP contribution in [0.5, 0.6) is 0 Å². The van der Waals surface area contributed by atoms with Crippen molar-refractivity contribution in [3.05, 3.63) is 65.8 Å². The summed E-state index contributed by atoms with van der Waals surface area (Å²) in [6, 6.07) is 17.5. The summed E-state index contributed by atoms with van der Waals surface area (Å²) < 4.78 is 14.4. The van der Waals surface area contributed by atoms with Gasteiger partial charge in [0, 0.05) is 26.4 Å². The van der Waals surface area contributed by atoms with Gasteiger partial charge in [0.05, 0.1) is 11.2 Å². The van der Waals surface area contributed by atoms with E-state index in [4.69, 9.17) is 4.98 Å². The third kappa shape index (κ3) is 1.54. The van der Waals surface area contributed by atoms with Crippen molar-refractivity contribution in [3.63, 3.8) is 0 Å². The Hall–Kier alpha value is -2.52. The molecule has 0 aromatic heterocycles. The van der Waals surface area contributed by atoms with E-state index in [1.54, 1.807) is 17.4 Å². The van der Waals surface area contributed by atoms with Crippen molar-refractivity contribution >= 4 is 43.1 Å². The molecule has 3 aromatic rings. The predicted molar refractivity (Wildman–Crippen MR) is 91.2 cm³/mol. The van der Waals surface area contributed by atoms with Crippen LogP contribution in [0.15, 0.2) is 60.0 Å². The highest BCUT2D eigenvalue weighted by Crippen LogP contribution is 2.41. The number of hydrogen-bond acceptors (Lipinski definition) is 2. The molecule has 0 unspecified atom stereocenters. The van der Waals surface area contributed by atoms with Gasteiger partial charge in [0.15, 0.2) is 0 Å². The Balaban J connectivity index is 2.02. The normalized spacial score (nSPS) is 11.9. The van der Waals surface area contributed by atoms with Crippen molar-refractivity contribution in [1.29, 1.82) is 0 Å². The van der Waals surface area contributed by atoms with E-state index in [1.165, 1.54) is 22.2 Å². The van der Waals surface area contributed by atoms with E-state index in [2.05, 4.69) is 35.7 Å². The van der Waals surface area contributed by atoms with Crippen LogP contribution < -0.4 is 0 Å². The first-order valence-corrected chi connectivity index (χ1v) is 7.97. The molecule has 3 aromatic carbocycles. The SMILES string of the molecule is Fc1ccc2c3nc4ccc5ccccc5c4c-3csc2c1. The maximum atomic E-state index is 13.4. The first-order chi connectivity index (χ1) is 10.8. The molecule has 2 aliphatic heterocycles. The number of benzene rings is 3. The summed E-state index contributed by atoms with van der Waals surface area (Å²) in [4.78, 5) is 4.81. The number of aromatic nitrogens is 1. The minimum atomic E-state index is -0.204. The zero-order chi connectivity index (χ0) is 14.7. The third-order valence-electron chi connectivity index (χ3n) is 4.17. The Bertz CT molecular complexity index is 1140. The van der Waals surface area contributed by atoms with Crippen molar-refractivity contribution in [2.45, 2.75) is 0 Å². The zero-order valence-electron chi connectivity index (χ0n) is 11.5. The molecule has 0 bridgehead atoms. The first-order valence-electron chi connectivity index (χ1n) is 7.09. The van der Waals surface area contributed by atoms with E-state index in [-0.39, 0.29) is 5.82 Å². The lowest BCUT2D eigenvalue weighted by Crippen LogP contribution is -1.81. The standard InChI is InChI=1S/C19H10FNS/c20-12-6-7-14-17(9-12)22-10-15-18-13-4-2-1-3-11(13)5-8-16(18)21-19(14)15/h1-10H. The summed E-state index contributed by atoms with van der Waals surface area (Å²) in [7, 11) is 0.